The number of alkyl halides is 3. The lowest BCUT2D eigenvalue weighted by atomic mass is 10.1. The molecular formula is C19H15ClF3NO3. The van der Waals surface area contributed by atoms with E-state index in [0.717, 1.165) is 23.8 Å². The first kappa shape index (κ1) is 20.5. The zero-order valence-corrected chi connectivity index (χ0v) is 14.9. The average Bonchev–Trinajstić information content (AvgIpc) is 2.64. The van der Waals surface area contributed by atoms with Gasteiger partial charge in [0.2, 0.25) is 5.91 Å². The van der Waals surface area contributed by atoms with Gasteiger partial charge in [-0.05, 0) is 41.5 Å². The van der Waals surface area contributed by atoms with Crippen LogP contribution in [0.5, 0.6) is 0 Å². The van der Waals surface area contributed by atoms with E-state index < -0.39 is 28.6 Å². The van der Waals surface area contributed by atoms with Gasteiger partial charge in [-0.2, -0.15) is 13.2 Å². The Balaban J connectivity index is 1.97. The molecule has 1 amide bonds. The Morgan fingerprint density at radius 2 is 1.81 bits per heavy atom. The van der Waals surface area contributed by atoms with Crippen LogP contribution in [0.4, 0.5) is 13.2 Å². The highest BCUT2D eigenvalue weighted by Gasteiger charge is 2.33. The first-order valence-electron chi connectivity index (χ1n) is 7.70. The normalized spacial score (nSPS) is 11.4. The number of halogens is 4. The highest BCUT2D eigenvalue weighted by atomic mass is 35.5. The van der Waals surface area contributed by atoms with Gasteiger partial charge in [-0.25, -0.2) is 4.79 Å². The molecule has 0 aromatic heterocycles. The first-order chi connectivity index (χ1) is 12.7. The minimum atomic E-state index is -4.57. The van der Waals surface area contributed by atoms with E-state index in [-0.39, 0.29) is 12.1 Å². The van der Waals surface area contributed by atoms with E-state index in [1.54, 1.807) is 24.3 Å². The van der Waals surface area contributed by atoms with E-state index >= 15 is 0 Å². The maximum absolute atomic E-state index is 12.8. The third-order valence-corrected chi connectivity index (χ3v) is 3.89. The minimum Gasteiger partial charge on any atom is -0.465 e. The van der Waals surface area contributed by atoms with Crippen LogP contribution in [0, 0.1) is 0 Å². The number of hydrogen-bond donors (Lipinski definition) is 1. The lowest BCUT2D eigenvalue weighted by molar-refractivity contribution is -0.137. The van der Waals surface area contributed by atoms with Crippen LogP contribution in [-0.4, -0.2) is 19.0 Å². The predicted octanol–water partition coefficient (Wildman–Crippen LogP) is 4.48. The van der Waals surface area contributed by atoms with Gasteiger partial charge >= 0.3 is 12.1 Å². The zero-order chi connectivity index (χ0) is 20.0. The standard InChI is InChI=1S/C19H15ClF3NO3/c1-27-18(26)14-6-2-13(3-7-14)11-24-17(25)9-5-12-4-8-16(20)15(10-12)19(21,22)23/h2-10H,11H2,1H3,(H,24,25)/b9-5+. The topological polar surface area (TPSA) is 55.4 Å². The van der Waals surface area contributed by atoms with E-state index in [4.69, 9.17) is 11.6 Å². The number of ether oxygens (including phenoxy) is 1. The lowest BCUT2D eigenvalue weighted by Crippen LogP contribution is -2.20. The molecule has 2 aromatic rings. The fourth-order valence-electron chi connectivity index (χ4n) is 2.16. The summed E-state index contributed by atoms with van der Waals surface area (Å²) < 4.78 is 43.0. The summed E-state index contributed by atoms with van der Waals surface area (Å²) in [6.45, 7) is 0.193. The molecule has 0 saturated heterocycles. The van der Waals surface area contributed by atoms with Gasteiger partial charge in [0.05, 0.1) is 23.3 Å². The molecule has 0 aliphatic rings. The summed E-state index contributed by atoms with van der Waals surface area (Å²) in [6.07, 6.45) is -2.17. The fourth-order valence-corrected chi connectivity index (χ4v) is 2.39. The number of hydrogen-bond acceptors (Lipinski definition) is 3. The van der Waals surface area contributed by atoms with Crippen LogP contribution < -0.4 is 5.32 Å². The largest absolute Gasteiger partial charge is 0.465 e. The lowest BCUT2D eigenvalue weighted by Gasteiger charge is -2.09. The summed E-state index contributed by atoms with van der Waals surface area (Å²) >= 11 is 5.55. The molecule has 0 unspecified atom stereocenters. The molecule has 2 aromatic carbocycles. The Bertz CT molecular complexity index is 861. The Kier molecular flexibility index (Phi) is 6.63. The second-order valence-electron chi connectivity index (χ2n) is 5.48. The third kappa shape index (κ3) is 5.86. The van der Waals surface area contributed by atoms with Crippen LogP contribution in [0.3, 0.4) is 0 Å². The highest BCUT2D eigenvalue weighted by Crippen LogP contribution is 2.35. The van der Waals surface area contributed by atoms with Gasteiger partial charge in [0.25, 0.3) is 0 Å². The third-order valence-electron chi connectivity index (χ3n) is 3.56. The number of rotatable bonds is 5. The van der Waals surface area contributed by atoms with Crippen molar-refractivity contribution in [3.05, 3.63) is 75.8 Å². The number of methoxy groups -OCH3 is 1. The van der Waals surface area contributed by atoms with Gasteiger partial charge in [-0.3, -0.25) is 4.79 Å². The summed E-state index contributed by atoms with van der Waals surface area (Å²) in [6, 6.07) is 9.83. The van der Waals surface area contributed by atoms with Crippen molar-refractivity contribution in [3.63, 3.8) is 0 Å². The first-order valence-corrected chi connectivity index (χ1v) is 8.08. The molecule has 0 atom stereocenters. The molecule has 0 heterocycles. The molecule has 142 valence electrons. The van der Waals surface area contributed by atoms with Gasteiger partial charge < -0.3 is 10.1 Å². The number of amides is 1. The second kappa shape index (κ2) is 8.73. The van der Waals surface area contributed by atoms with E-state index in [2.05, 4.69) is 10.1 Å². The smallest absolute Gasteiger partial charge is 0.417 e. The summed E-state index contributed by atoms with van der Waals surface area (Å²) in [7, 11) is 1.28. The van der Waals surface area contributed by atoms with Crippen LogP contribution in [0.1, 0.15) is 27.0 Å². The number of nitrogens with one attached hydrogen (secondary N) is 1. The Hall–Kier alpha value is -2.80. The maximum atomic E-state index is 12.8. The van der Waals surface area contributed by atoms with Gasteiger partial charge in [0, 0.05) is 12.6 Å². The average molecular weight is 398 g/mol. The molecule has 8 heteroatoms. The second-order valence-corrected chi connectivity index (χ2v) is 5.88. The van der Waals surface area contributed by atoms with Crippen LogP contribution in [0.2, 0.25) is 5.02 Å². The van der Waals surface area contributed by atoms with Crippen molar-refractivity contribution in [1.29, 1.82) is 0 Å². The molecule has 4 nitrogen and oxygen atoms in total. The van der Waals surface area contributed by atoms with Crippen molar-refractivity contribution < 1.29 is 27.5 Å². The molecule has 0 radical (unpaired) electrons. The van der Waals surface area contributed by atoms with Gasteiger partial charge in [-0.1, -0.05) is 29.8 Å². The molecule has 0 spiro atoms. The van der Waals surface area contributed by atoms with Crippen LogP contribution in [0.25, 0.3) is 6.08 Å². The van der Waals surface area contributed by atoms with Crippen molar-refractivity contribution in [3.8, 4) is 0 Å². The molecule has 0 saturated carbocycles. The zero-order valence-electron chi connectivity index (χ0n) is 14.1. The quantitative estimate of drug-likeness (QED) is 0.598. The predicted molar refractivity (Wildman–Crippen MR) is 95.1 cm³/mol. The van der Waals surface area contributed by atoms with Crippen molar-refractivity contribution >= 4 is 29.6 Å². The van der Waals surface area contributed by atoms with Crippen molar-refractivity contribution in [2.75, 3.05) is 7.11 Å². The summed E-state index contributed by atoms with van der Waals surface area (Å²) in [5.74, 6) is -0.940. The Labute approximate surface area is 158 Å². The molecule has 2 rings (SSSR count). The fraction of sp³-hybridized carbons (Fsp3) is 0.158. The molecule has 0 fully saturated rings. The number of carbonyl (C=O) groups is 2. The highest BCUT2D eigenvalue weighted by molar-refractivity contribution is 6.31. The van der Waals surface area contributed by atoms with Gasteiger partial charge in [0.1, 0.15) is 0 Å². The molecule has 0 aliphatic carbocycles. The van der Waals surface area contributed by atoms with Crippen molar-refractivity contribution in [1.82, 2.24) is 5.32 Å². The maximum Gasteiger partial charge on any atom is 0.417 e. The minimum absolute atomic E-state index is 0.193. The van der Waals surface area contributed by atoms with E-state index in [1.807, 2.05) is 0 Å². The summed E-state index contributed by atoms with van der Waals surface area (Å²) in [5.41, 5.74) is 0.368. The van der Waals surface area contributed by atoms with Gasteiger partial charge in [0.15, 0.2) is 0 Å². The van der Waals surface area contributed by atoms with E-state index in [9.17, 15) is 22.8 Å². The monoisotopic (exact) mass is 397 g/mol. The van der Waals surface area contributed by atoms with E-state index in [0.29, 0.717) is 5.56 Å². The number of carbonyl (C=O) groups excluding carboxylic acids is 2. The van der Waals surface area contributed by atoms with E-state index in [1.165, 1.54) is 19.3 Å². The number of esters is 1. The number of benzene rings is 2. The SMILES string of the molecule is COC(=O)c1ccc(CNC(=O)/C=C/c2ccc(Cl)c(C(F)(F)F)c2)cc1. The molecule has 27 heavy (non-hydrogen) atoms. The molecule has 0 bridgehead atoms. The Morgan fingerprint density at radius 1 is 1.15 bits per heavy atom. The molecular weight excluding hydrogens is 383 g/mol. The van der Waals surface area contributed by atoms with Crippen LogP contribution in [-0.2, 0) is 22.3 Å². The Morgan fingerprint density at radius 3 is 2.41 bits per heavy atom. The summed E-state index contributed by atoms with van der Waals surface area (Å²) in [4.78, 5) is 23.2. The van der Waals surface area contributed by atoms with Crippen molar-refractivity contribution in [2.45, 2.75) is 12.7 Å². The van der Waals surface area contributed by atoms with Crippen LogP contribution >= 0.6 is 11.6 Å². The molecule has 1 N–H and O–H groups in total. The van der Waals surface area contributed by atoms with Crippen LogP contribution in [0.15, 0.2) is 48.5 Å². The summed E-state index contributed by atoms with van der Waals surface area (Å²) in [5, 5.41) is 2.19. The van der Waals surface area contributed by atoms with Gasteiger partial charge in [-0.15, -0.1) is 0 Å². The molecule has 0 aliphatic heterocycles. The van der Waals surface area contributed by atoms with Crippen molar-refractivity contribution in [2.24, 2.45) is 0 Å².